The Hall–Kier alpha value is -2.84. The van der Waals surface area contributed by atoms with Crippen LogP contribution in [0.3, 0.4) is 0 Å². The van der Waals surface area contributed by atoms with E-state index >= 15 is 0 Å². The minimum atomic E-state index is -0.552. The largest absolute Gasteiger partial charge is 0.482 e. The van der Waals surface area contributed by atoms with Gasteiger partial charge in [-0.05, 0) is 43.4 Å². The number of thiophene rings is 1. The van der Waals surface area contributed by atoms with Crippen LogP contribution in [0.1, 0.15) is 32.8 Å². The summed E-state index contributed by atoms with van der Waals surface area (Å²) in [4.78, 5) is 36.8. The number of nitrogens with two attached hydrogens (primary N) is 1. The summed E-state index contributed by atoms with van der Waals surface area (Å²) in [5, 5.41) is 4.12. The van der Waals surface area contributed by atoms with Gasteiger partial charge in [0.25, 0.3) is 11.8 Å². The summed E-state index contributed by atoms with van der Waals surface area (Å²) in [6, 6.07) is 4.48. The van der Waals surface area contributed by atoms with Gasteiger partial charge in [-0.3, -0.25) is 9.59 Å². The molecule has 2 heterocycles. The number of primary amides is 1. The van der Waals surface area contributed by atoms with Crippen LogP contribution in [0.25, 0.3) is 11.0 Å². The Balaban J connectivity index is 1.51. The highest BCUT2D eigenvalue weighted by atomic mass is 35.5. The zero-order valence-electron chi connectivity index (χ0n) is 15.5. The van der Waals surface area contributed by atoms with Gasteiger partial charge in [0.2, 0.25) is 0 Å². The summed E-state index contributed by atoms with van der Waals surface area (Å²) in [7, 11) is 0. The maximum absolute atomic E-state index is 12.4. The second-order valence-corrected chi connectivity index (χ2v) is 8.30. The molecular formula is C20H17ClN2O5S. The first-order valence-corrected chi connectivity index (χ1v) is 10.1. The molecule has 0 radical (unpaired) electrons. The maximum Gasteiger partial charge on any atom is 0.336 e. The van der Waals surface area contributed by atoms with Crippen LogP contribution in [0.15, 0.2) is 27.4 Å². The lowest BCUT2D eigenvalue weighted by molar-refractivity contribution is -0.118. The van der Waals surface area contributed by atoms with Crippen molar-refractivity contribution in [3.05, 3.63) is 55.2 Å². The van der Waals surface area contributed by atoms with Crippen LogP contribution in [0.2, 0.25) is 5.02 Å². The Morgan fingerprint density at radius 2 is 2.10 bits per heavy atom. The first kappa shape index (κ1) is 19.5. The number of hydrogen-bond donors (Lipinski definition) is 2. The van der Waals surface area contributed by atoms with E-state index in [1.807, 2.05) is 0 Å². The van der Waals surface area contributed by atoms with E-state index < -0.39 is 17.4 Å². The number of aryl methyl sites for hydroxylation is 2. The van der Waals surface area contributed by atoms with Crippen LogP contribution in [0.5, 0.6) is 5.75 Å². The number of carbonyl (C=O) groups excluding carboxylic acids is 2. The lowest BCUT2D eigenvalue weighted by Crippen LogP contribution is -2.22. The lowest BCUT2D eigenvalue weighted by Gasteiger charge is -2.10. The van der Waals surface area contributed by atoms with Gasteiger partial charge >= 0.3 is 5.63 Å². The molecule has 1 aliphatic rings. The highest BCUT2D eigenvalue weighted by Crippen LogP contribution is 2.39. The van der Waals surface area contributed by atoms with Gasteiger partial charge in [0.1, 0.15) is 16.3 Å². The smallest absolute Gasteiger partial charge is 0.336 e. The van der Waals surface area contributed by atoms with Crippen molar-refractivity contribution < 1.29 is 18.7 Å². The molecule has 29 heavy (non-hydrogen) atoms. The summed E-state index contributed by atoms with van der Waals surface area (Å²) < 4.78 is 10.7. The molecule has 3 N–H and O–H groups in total. The van der Waals surface area contributed by atoms with Crippen molar-refractivity contribution >= 4 is 50.7 Å². The van der Waals surface area contributed by atoms with Crippen LogP contribution in [-0.2, 0) is 17.6 Å². The minimum Gasteiger partial charge on any atom is -0.482 e. The van der Waals surface area contributed by atoms with Crippen molar-refractivity contribution in [3.63, 3.8) is 0 Å². The monoisotopic (exact) mass is 432 g/mol. The molecule has 2 aromatic heterocycles. The van der Waals surface area contributed by atoms with E-state index in [1.54, 1.807) is 13.0 Å². The molecule has 1 aliphatic carbocycles. The molecule has 0 fully saturated rings. The Bertz CT molecular complexity index is 1210. The molecule has 7 nitrogen and oxygen atoms in total. The fourth-order valence-corrected chi connectivity index (χ4v) is 5.02. The number of ether oxygens (including phenoxy) is 1. The molecule has 9 heteroatoms. The molecule has 4 rings (SSSR count). The third kappa shape index (κ3) is 3.73. The van der Waals surface area contributed by atoms with Crippen molar-refractivity contribution in [2.45, 2.75) is 26.2 Å². The van der Waals surface area contributed by atoms with Crippen molar-refractivity contribution in [1.29, 1.82) is 0 Å². The van der Waals surface area contributed by atoms with E-state index in [1.165, 1.54) is 23.5 Å². The number of anilines is 1. The summed E-state index contributed by atoms with van der Waals surface area (Å²) in [6.45, 7) is 1.44. The number of carbonyl (C=O) groups is 2. The van der Waals surface area contributed by atoms with Crippen LogP contribution in [0, 0.1) is 6.92 Å². The Morgan fingerprint density at radius 1 is 1.31 bits per heavy atom. The lowest BCUT2D eigenvalue weighted by atomic mass is 10.1. The molecular weight excluding hydrogens is 416 g/mol. The first-order valence-electron chi connectivity index (χ1n) is 8.94. The zero-order valence-corrected chi connectivity index (χ0v) is 17.0. The summed E-state index contributed by atoms with van der Waals surface area (Å²) in [6.07, 6.45) is 2.65. The van der Waals surface area contributed by atoms with Crippen LogP contribution < -0.4 is 21.4 Å². The Labute approximate surface area is 174 Å². The summed E-state index contributed by atoms with van der Waals surface area (Å²) >= 11 is 7.61. The van der Waals surface area contributed by atoms with E-state index in [0.717, 1.165) is 35.3 Å². The molecule has 0 saturated heterocycles. The fraction of sp³-hybridized carbons (Fsp3) is 0.250. The number of benzene rings is 1. The molecule has 150 valence electrons. The van der Waals surface area contributed by atoms with E-state index in [4.69, 9.17) is 26.5 Å². The standard InChI is InChI=1S/C20H17ClN2O5S/c1-9-5-17(25)28-13-7-14(12(21)6-11(9)13)27-8-16(24)23-20-18(19(22)26)10-3-2-4-15(10)29-20/h5-7H,2-4,8H2,1H3,(H2,22,26)(H,23,24). The number of rotatable bonds is 5. The van der Waals surface area contributed by atoms with Gasteiger partial charge in [0, 0.05) is 22.4 Å². The predicted molar refractivity (Wildman–Crippen MR) is 111 cm³/mol. The number of fused-ring (bicyclic) bond motifs is 2. The molecule has 0 spiro atoms. The average Bonchev–Trinajstić information content (AvgIpc) is 3.21. The van der Waals surface area contributed by atoms with Crippen molar-refractivity contribution in [2.24, 2.45) is 5.73 Å². The number of nitrogens with one attached hydrogen (secondary N) is 1. The molecule has 0 aliphatic heterocycles. The number of hydrogen-bond acceptors (Lipinski definition) is 6. The van der Waals surface area contributed by atoms with Gasteiger partial charge in [0.05, 0.1) is 10.6 Å². The van der Waals surface area contributed by atoms with Gasteiger partial charge in [-0.15, -0.1) is 11.3 Å². The van der Waals surface area contributed by atoms with Crippen LogP contribution in [0.4, 0.5) is 5.00 Å². The molecule has 1 aromatic carbocycles. The third-order valence-corrected chi connectivity index (χ3v) is 6.29. The molecule has 3 aromatic rings. The van der Waals surface area contributed by atoms with Gasteiger partial charge in [-0.25, -0.2) is 4.79 Å². The van der Waals surface area contributed by atoms with E-state index in [-0.39, 0.29) is 17.4 Å². The topological polar surface area (TPSA) is 112 Å². The molecule has 0 unspecified atom stereocenters. The number of halogens is 1. The SMILES string of the molecule is Cc1cc(=O)oc2cc(OCC(=O)Nc3sc4c(c3C(N)=O)CCC4)c(Cl)cc12. The first-order chi connectivity index (χ1) is 13.8. The van der Waals surface area contributed by atoms with E-state index in [0.29, 0.717) is 21.5 Å². The normalized spacial score (nSPS) is 12.8. The highest BCUT2D eigenvalue weighted by molar-refractivity contribution is 7.17. The summed E-state index contributed by atoms with van der Waals surface area (Å²) in [5.41, 5.74) is 7.39. The van der Waals surface area contributed by atoms with Crippen molar-refractivity contribution in [2.75, 3.05) is 11.9 Å². The van der Waals surface area contributed by atoms with Gasteiger partial charge in [-0.1, -0.05) is 11.6 Å². The fourth-order valence-electron chi connectivity index (χ4n) is 3.49. The van der Waals surface area contributed by atoms with Crippen LogP contribution >= 0.6 is 22.9 Å². The minimum absolute atomic E-state index is 0.215. The van der Waals surface area contributed by atoms with E-state index in [2.05, 4.69) is 5.32 Å². The zero-order chi connectivity index (χ0) is 20.7. The molecule has 0 atom stereocenters. The maximum atomic E-state index is 12.4. The quantitative estimate of drug-likeness (QED) is 0.600. The molecule has 0 saturated carbocycles. The highest BCUT2D eigenvalue weighted by Gasteiger charge is 2.26. The molecule has 2 amide bonds. The second-order valence-electron chi connectivity index (χ2n) is 6.79. The van der Waals surface area contributed by atoms with Crippen molar-refractivity contribution in [1.82, 2.24) is 0 Å². The molecule has 0 bridgehead atoms. The van der Waals surface area contributed by atoms with Crippen LogP contribution in [-0.4, -0.2) is 18.4 Å². The summed E-state index contributed by atoms with van der Waals surface area (Å²) in [5.74, 6) is -0.787. The second kappa shape index (κ2) is 7.53. The van der Waals surface area contributed by atoms with Crippen molar-refractivity contribution in [3.8, 4) is 5.75 Å². The Kier molecular flexibility index (Phi) is 5.06. The van der Waals surface area contributed by atoms with Gasteiger partial charge in [0.15, 0.2) is 6.61 Å². The average molecular weight is 433 g/mol. The van der Waals surface area contributed by atoms with Gasteiger partial charge in [-0.2, -0.15) is 0 Å². The van der Waals surface area contributed by atoms with Gasteiger partial charge < -0.3 is 20.2 Å². The number of amides is 2. The Morgan fingerprint density at radius 3 is 2.86 bits per heavy atom. The predicted octanol–water partition coefficient (Wildman–Crippen LogP) is 3.42. The van der Waals surface area contributed by atoms with E-state index in [9.17, 15) is 14.4 Å². The third-order valence-electron chi connectivity index (χ3n) is 4.78.